The molecule has 1 aliphatic rings. The molecule has 1 unspecified atom stereocenters. The lowest BCUT2D eigenvalue weighted by Gasteiger charge is -2.22. The molecular formula is C12H18N2O4. The van der Waals surface area contributed by atoms with Gasteiger partial charge in [0.25, 0.3) is 6.01 Å². The number of ether oxygens (including phenoxy) is 2. The fraction of sp³-hybridized carbons (Fsp3) is 0.667. The van der Waals surface area contributed by atoms with Crippen molar-refractivity contribution in [1.82, 2.24) is 4.98 Å². The molecule has 1 saturated heterocycles. The molecule has 1 atom stereocenters. The number of nitrogens with zero attached hydrogens (tertiary/aromatic N) is 1. The zero-order valence-electron chi connectivity index (χ0n) is 10.5. The summed E-state index contributed by atoms with van der Waals surface area (Å²) in [6, 6.07) is 0.326. The van der Waals surface area contributed by atoms with Crippen molar-refractivity contribution >= 4 is 12.0 Å². The van der Waals surface area contributed by atoms with E-state index in [2.05, 4.69) is 10.3 Å². The molecule has 1 aliphatic heterocycles. The monoisotopic (exact) mass is 254 g/mol. The second kappa shape index (κ2) is 6.39. The number of hydrogen-bond donors (Lipinski definition) is 1. The molecule has 2 heterocycles. The number of oxazole rings is 1. The van der Waals surface area contributed by atoms with Crippen LogP contribution in [0.5, 0.6) is 0 Å². The van der Waals surface area contributed by atoms with E-state index < -0.39 is 5.97 Å². The summed E-state index contributed by atoms with van der Waals surface area (Å²) >= 11 is 0. The van der Waals surface area contributed by atoms with Crippen molar-refractivity contribution in [1.29, 1.82) is 0 Å². The van der Waals surface area contributed by atoms with Crippen molar-refractivity contribution in [3.8, 4) is 0 Å². The van der Waals surface area contributed by atoms with Crippen LogP contribution in [-0.2, 0) is 9.47 Å². The minimum atomic E-state index is -0.469. The fourth-order valence-corrected chi connectivity index (χ4v) is 1.82. The van der Waals surface area contributed by atoms with Crippen molar-refractivity contribution < 1.29 is 18.7 Å². The smallest absolute Gasteiger partial charge is 0.360 e. The Balaban J connectivity index is 1.80. The molecule has 1 aromatic heterocycles. The molecule has 18 heavy (non-hydrogen) atoms. The zero-order valence-corrected chi connectivity index (χ0v) is 10.5. The maximum atomic E-state index is 11.4. The standard InChI is InChI=1S/C12H18N2O4/c1-2-16-11(15)10-8-18-12(14-10)13-7-9-5-3-4-6-17-9/h8-9H,2-7H2,1H3,(H,13,14). The number of carbonyl (C=O) groups is 1. The first-order chi connectivity index (χ1) is 8.79. The third-order valence-corrected chi connectivity index (χ3v) is 2.74. The van der Waals surface area contributed by atoms with E-state index in [1.807, 2.05) is 0 Å². The first kappa shape index (κ1) is 12.9. The Morgan fingerprint density at radius 1 is 1.61 bits per heavy atom. The van der Waals surface area contributed by atoms with E-state index in [0.717, 1.165) is 19.4 Å². The van der Waals surface area contributed by atoms with Gasteiger partial charge in [-0.3, -0.25) is 0 Å². The van der Waals surface area contributed by atoms with Crippen LogP contribution in [0.25, 0.3) is 0 Å². The molecule has 1 fully saturated rings. The van der Waals surface area contributed by atoms with Crippen LogP contribution in [0.3, 0.4) is 0 Å². The minimum Gasteiger partial charge on any atom is -0.461 e. The Bertz CT molecular complexity index is 385. The number of nitrogens with one attached hydrogen (secondary N) is 1. The normalized spacial score (nSPS) is 19.5. The Hall–Kier alpha value is -1.56. The number of anilines is 1. The van der Waals surface area contributed by atoms with Gasteiger partial charge in [-0.05, 0) is 26.2 Å². The van der Waals surface area contributed by atoms with Crippen LogP contribution in [0.1, 0.15) is 36.7 Å². The van der Waals surface area contributed by atoms with Crippen molar-refractivity contribution in [3.05, 3.63) is 12.0 Å². The average molecular weight is 254 g/mol. The van der Waals surface area contributed by atoms with Crippen molar-refractivity contribution in [2.75, 3.05) is 25.1 Å². The molecule has 2 rings (SSSR count). The molecule has 6 heteroatoms. The van der Waals surface area contributed by atoms with Crippen LogP contribution < -0.4 is 5.32 Å². The maximum Gasteiger partial charge on any atom is 0.360 e. The van der Waals surface area contributed by atoms with E-state index in [4.69, 9.17) is 13.9 Å². The van der Waals surface area contributed by atoms with Gasteiger partial charge in [-0.25, -0.2) is 4.79 Å². The van der Waals surface area contributed by atoms with Gasteiger partial charge in [0.15, 0.2) is 5.69 Å². The van der Waals surface area contributed by atoms with Crippen LogP contribution in [0.2, 0.25) is 0 Å². The van der Waals surface area contributed by atoms with E-state index in [1.165, 1.54) is 12.7 Å². The largest absolute Gasteiger partial charge is 0.461 e. The molecule has 1 aromatic rings. The molecular weight excluding hydrogens is 236 g/mol. The quantitative estimate of drug-likeness (QED) is 0.808. The highest BCUT2D eigenvalue weighted by Gasteiger charge is 2.16. The summed E-state index contributed by atoms with van der Waals surface area (Å²) < 4.78 is 15.5. The molecule has 0 spiro atoms. The van der Waals surface area contributed by atoms with E-state index in [-0.39, 0.29) is 11.8 Å². The Kier molecular flexibility index (Phi) is 4.58. The molecule has 0 saturated carbocycles. The third-order valence-electron chi connectivity index (χ3n) is 2.74. The lowest BCUT2D eigenvalue weighted by molar-refractivity contribution is 0.0245. The van der Waals surface area contributed by atoms with Gasteiger partial charge in [0.05, 0.1) is 12.7 Å². The molecule has 0 bridgehead atoms. The predicted octanol–water partition coefficient (Wildman–Crippen LogP) is 1.83. The first-order valence-corrected chi connectivity index (χ1v) is 6.27. The number of aromatic nitrogens is 1. The van der Waals surface area contributed by atoms with Crippen molar-refractivity contribution in [3.63, 3.8) is 0 Å². The molecule has 1 N–H and O–H groups in total. The minimum absolute atomic E-state index is 0.184. The Morgan fingerprint density at radius 2 is 2.50 bits per heavy atom. The SMILES string of the molecule is CCOC(=O)c1coc(NCC2CCCCO2)n1. The second-order valence-corrected chi connectivity index (χ2v) is 4.13. The van der Waals surface area contributed by atoms with E-state index >= 15 is 0 Å². The van der Waals surface area contributed by atoms with E-state index in [9.17, 15) is 4.79 Å². The van der Waals surface area contributed by atoms with Crippen LogP contribution in [-0.4, -0.2) is 36.8 Å². The summed E-state index contributed by atoms with van der Waals surface area (Å²) in [5.41, 5.74) is 0.184. The van der Waals surface area contributed by atoms with Gasteiger partial charge < -0.3 is 19.2 Å². The number of carbonyl (C=O) groups excluding carboxylic acids is 1. The summed E-state index contributed by atoms with van der Waals surface area (Å²) in [6.07, 6.45) is 4.84. The van der Waals surface area contributed by atoms with Crippen LogP contribution in [0.4, 0.5) is 6.01 Å². The fourth-order valence-electron chi connectivity index (χ4n) is 1.82. The van der Waals surface area contributed by atoms with Crippen LogP contribution in [0, 0.1) is 0 Å². The highest BCUT2D eigenvalue weighted by atomic mass is 16.5. The lowest BCUT2D eigenvalue weighted by Crippen LogP contribution is -2.27. The molecule has 0 radical (unpaired) electrons. The summed E-state index contributed by atoms with van der Waals surface area (Å²) in [7, 11) is 0. The summed E-state index contributed by atoms with van der Waals surface area (Å²) in [5.74, 6) is -0.469. The average Bonchev–Trinajstić information content (AvgIpc) is 2.87. The van der Waals surface area contributed by atoms with Gasteiger partial charge in [-0.15, -0.1) is 0 Å². The van der Waals surface area contributed by atoms with Crippen LogP contribution in [0.15, 0.2) is 10.7 Å². The van der Waals surface area contributed by atoms with Gasteiger partial charge in [0.1, 0.15) is 6.26 Å². The molecule has 0 aromatic carbocycles. The third kappa shape index (κ3) is 3.46. The first-order valence-electron chi connectivity index (χ1n) is 6.27. The Labute approximate surface area is 106 Å². The summed E-state index contributed by atoms with van der Waals surface area (Å²) in [5, 5.41) is 3.02. The number of rotatable bonds is 5. The van der Waals surface area contributed by atoms with Gasteiger partial charge in [0, 0.05) is 13.2 Å². The second-order valence-electron chi connectivity index (χ2n) is 4.13. The molecule has 100 valence electrons. The van der Waals surface area contributed by atoms with E-state index in [1.54, 1.807) is 6.92 Å². The van der Waals surface area contributed by atoms with E-state index in [0.29, 0.717) is 19.2 Å². The summed E-state index contributed by atoms with van der Waals surface area (Å²) in [4.78, 5) is 15.4. The lowest BCUT2D eigenvalue weighted by atomic mass is 10.1. The predicted molar refractivity (Wildman–Crippen MR) is 64.5 cm³/mol. The van der Waals surface area contributed by atoms with Gasteiger partial charge in [0.2, 0.25) is 0 Å². The topological polar surface area (TPSA) is 73.6 Å². The zero-order chi connectivity index (χ0) is 12.8. The Morgan fingerprint density at radius 3 is 3.22 bits per heavy atom. The molecule has 6 nitrogen and oxygen atoms in total. The number of esters is 1. The van der Waals surface area contributed by atoms with Crippen LogP contribution >= 0.6 is 0 Å². The molecule has 0 aliphatic carbocycles. The number of hydrogen-bond acceptors (Lipinski definition) is 6. The van der Waals surface area contributed by atoms with Crippen molar-refractivity contribution in [2.24, 2.45) is 0 Å². The maximum absolute atomic E-state index is 11.4. The summed E-state index contributed by atoms with van der Waals surface area (Å²) in [6.45, 7) is 3.52. The van der Waals surface area contributed by atoms with Crippen molar-refractivity contribution in [2.45, 2.75) is 32.3 Å². The highest BCUT2D eigenvalue weighted by Crippen LogP contribution is 2.14. The van der Waals surface area contributed by atoms with Gasteiger partial charge in [-0.1, -0.05) is 0 Å². The highest BCUT2D eigenvalue weighted by molar-refractivity contribution is 5.87. The molecule has 0 amide bonds. The van der Waals surface area contributed by atoms with Gasteiger partial charge >= 0.3 is 5.97 Å². The van der Waals surface area contributed by atoms with Gasteiger partial charge in [-0.2, -0.15) is 4.98 Å².